The van der Waals surface area contributed by atoms with Crippen molar-refractivity contribution in [1.82, 2.24) is 0 Å². The summed E-state index contributed by atoms with van der Waals surface area (Å²) in [6.07, 6.45) is 9.83. The van der Waals surface area contributed by atoms with Gasteiger partial charge in [0.2, 0.25) is 0 Å². The van der Waals surface area contributed by atoms with Crippen molar-refractivity contribution in [2.45, 2.75) is 72.1 Å². The van der Waals surface area contributed by atoms with Crippen LogP contribution in [0.15, 0.2) is 0 Å². The average Bonchev–Trinajstić information content (AvgIpc) is 2.28. The van der Waals surface area contributed by atoms with Gasteiger partial charge in [0, 0.05) is 12.3 Å². The molecule has 0 aromatic carbocycles. The molecule has 98 valence electrons. The molecule has 0 aromatic heterocycles. The van der Waals surface area contributed by atoms with Crippen molar-refractivity contribution in [3.8, 4) is 0 Å². The molecule has 0 aliphatic heterocycles. The number of carbonyl (C=O) groups is 1. The Balaban J connectivity index is 2.12. The normalized spacial score (nSPS) is 35.9. The molecule has 1 heteroatoms. The third-order valence-electron chi connectivity index (χ3n) is 5.05. The van der Waals surface area contributed by atoms with Gasteiger partial charge in [0.05, 0.1) is 0 Å². The van der Waals surface area contributed by atoms with Crippen LogP contribution in [0.1, 0.15) is 72.1 Å². The van der Waals surface area contributed by atoms with Crippen molar-refractivity contribution in [3.63, 3.8) is 0 Å². The van der Waals surface area contributed by atoms with Crippen molar-refractivity contribution >= 4 is 5.78 Å². The maximum absolute atomic E-state index is 12.2. The van der Waals surface area contributed by atoms with E-state index in [1.807, 2.05) is 0 Å². The fourth-order valence-corrected chi connectivity index (χ4v) is 4.18. The monoisotopic (exact) mass is 236 g/mol. The molecule has 2 fully saturated rings. The predicted octanol–water partition coefficient (Wildman–Crippen LogP) is 4.60. The molecule has 1 nitrogen and oxygen atoms in total. The Morgan fingerprint density at radius 3 is 2.24 bits per heavy atom. The molecule has 2 saturated carbocycles. The molecule has 3 unspecified atom stereocenters. The van der Waals surface area contributed by atoms with Crippen molar-refractivity contribution in [2.24, 2.45) is 23.2 Å². The van der Waals surface area contributed by atoms with E-state index in [4.69, 9.17) is 0 Å². The van der Waals surface area contributed by atoms with Crippen LogP contribution in [0.25, 0.3) is 0 Å². The number of ketones is 1. The highest BCUT2D eigenvalue weighted by Crippen LogP contribution is 2.47. The molecular formula is C16H28O. The highest BCUT2D eigenvalue weighted by Gasteiger charge is 2.41. The first-order chi connectivity index (χ1) is 8.00. The van der Waals surface area contributed by atoms with Crippen molar-refractivity contribution in [3.05, 3.63) is 0 Å². The zero-order valence-electron chi connectivity index (χ0n) is 11.8. The third kappa shape index (κ3) is 2.92. The van der Waals surface area contributed by atoms with Crippen LogP contribution >= 0.6 is 0 Å². The van der Waals surface area contributed by atoms with Gasteiger partial charge in [0.1, 0.15) is 5.78 Å². The lowest BCUT2D eigenvalue weighted by molar-refractivity contribution is -0.128. The summed E-state index contributed by atoms with van der Waals surface area (Å²) in [5, 5.41) is 0. The Morgan fingerprint density at radius 1 is 0.941 bits per heavy atom. The number of rotatable bonds is 1. The van der Waals surface area contributed by atoms with Crippen LogP contribution in [-0.4, -0.2) is 5.78 Å². The molecule has 2 aliphatic carbocycles. The van der Waals surface area contributed by atoms with Gasteiger partial charge in [-0.25, -0.2) is 0 Å². The summed E-state index contributed by atoms with van der Waals surface area (Å²) in [6, 6.07) is 0. The van der Waals surface area contributed by atoms with Crippen LogP contribution in [0.2, 0.25) is 0 Å². The highest BCUT2D eigenvalue weighted by molar-refractivity contribution is 5.82. The van der Waals surface area contributed by atoms with Gasteiger partial charge < -0.3 is 0 Å². The molecule has 3 atom stereocenters. The van der Waals surface area contributed by atoms with E-state index >= 15 is 0 Å². The zero-order chi connectivity index (χ0) is 12.5. The zero-order valence-corrected chi connectivity index (χ0v) is 11.8. The lowest BCUT2D eigenvalue weighted by Gasteiger charge is -2.44. The summed E-state index contributed by atoms with van der Waals surface area (Å²) in [7, 11) is 0. The Hall–Kier alpha value is -0.330. The molecular weight excluding hydrogens is 208 g/mol. The smallest absolute Gasteiger partial charge is 0.136 e. The minimum atomic E-state index is 0.378. The number of hydrogen-bond acceptors (Lipinski definition) is 1. The fraction of sp³-hybridized carbons (Fsp3) is 0.938. The summed E-state index contributed by atoms with van der Waals surface area (Å²) in [5.74, 6) is 2.45. The molecule has 0 N–H and O–H groups in total. The van der Waals surface area contributed by atoms with E-state index in [0.29, 0.717) is 23.0 Å². The van der Waals surface area contributed by atoms with Gasteiger partial charge in [-0.1, -0.05) is 40.0 Å². The van der Waals surface area contributed by atoms with Crippen LogP contribution in [0.4, 0.5) is 0 Å². The molecule has 2 rings (SSSR count). The maximum Gasteiger partial charge on any atom is 0.136 e. The third-order valence-corrected chi connectivity index (χ3v) is 5.05. The summed E-state index contributed by atoms with van der Waals surface area (Å²) >= 11 is 0. The molecule has 0 saturated heterocycles. The van der Waals surface area contributed by atoms with E-state index in [9.17, 15) is 4.79 Å². The minimum Gasteiger partial charge on any atom is -0.299 e. The van der Waals surface area contributed by atoms with Gasteiger partial charge in [-0.3, -0.25) is 4.79 Å². The van der Waals surface area contributed by atoms with E-state index in [1.165, 1.54) is 38.5 Å². The van der Waals surface area contributed by atoms with Gasteiger partial charge in [0.15, 0.2) is 0 Å². The van der Waals surface area contributed by atoms with Gasteiger partial charge in [-0.15, -0.1) is 0 Å². The Labute approximate surface area is 106 Å². The molecule has 0 heterocycles. The second-order valence-corrected chi connectivity index (χ2v) is 7.24. The van der Waals surface area contributed by atoms with E-state index < -0.39 is 0 Å². The standard InChI is InChI=1S/C16H28O/c1-16(2,3)14-10-6-4-8-12(14)13-9-5-7-11-15(13)17/h12-14H,4-11H2,1-3H3. The lowest BCUT2D eigenvalue weighted by Crippen LogP contribution is -2.39. The topological polar surface area (TPSA) is 17.1 Å². The van der Waals surface area contributed by atoms with Gasteiger partial charge in [-0.05, 0) is 42.9 Å². The van der Waals surface area contributed by atoms with Crippen LogP contribution in [-0.2, 0) is 4.79 Å². The molecule has 2 aliphatic rings. The van der Waals surface area contributed by atoms with E-state index in [2.05, 4.69) is 20.8 Å². The minimum absolute atomic E-state index is 0.378. The molecule has 0 spiro atoms. The van der Waals surface area contributed by atoms with Gasteiger partial charge in [-0.2, -0.15) is 0 Å². The van der Waals surface area contributed by atoms with E-state index in [0.717, 1.165) is 18.8 Å². The second kappa shape index (κ2) is 5.12. The van der Waals surface area contributed by atoms with E-state index in [-0.39, 0.29) is 0 Å². The van der Waals surface area contributed by atoms with Crippen LogP contribution in [0.5, 0.6) is 0 Å². The second-order valence-electron chi connectivity index (χ2n) is 7.24. The lowest BCUT2D eigenvalue weighted by atomic mass is 9.60. The fourth-order valence-electron chi connectivity index (χ4n) is 4.18. The summed E-state index contributed by atoms with van der Waals surface area (Å²) < 4.78 is 0. The summed E-state index contributed by atoms with van der Waals surface area (Å²) in [6.45, 7) is 7.09. The molecule has 0 aromatic rings. The maximum atomic E-state index is 12.2. The number of hydrogen-bond donors (Lipinski definition) is 0. The first-order valence-electron chi connectivity index (χ1n) is 7.53. The van der Waals surface area contributed by atoms with Crippen molar-refractivity contribution < 1.29 is 4.79 Å². The first kappa shape index (κ1) is 13.1. The summed E-state index contributed by atoms with van der Waals surface area (Å²) in [5.41, 5.74) is 0.378. The Morgan fingerprint density at radius 2 is 1.59 bits per heavy atom. The Kier molecular flexibility index (Phi) is 3.95. The number of carbonyl (C=O) groups excluding carboxylic acids is 1. The predicted molar refractivity (Wildman–Crippen MR) is 71.9 cm³/mol. The van der Waals surface area contributed by atoms with Crippen molar-refractivity contribution in [2.75, 3.05) is 0 Å². The SMILES string of the molecule is CC(C)(C)C1CCCCC1C1CCCCC1=O. The molecule has 0 amide bonds. The van der Waals surface area contributed by atoms with Gasteiger partial charge in [0.25, 0.3) is 0 Å². The summed E-state index contributed by atoms with van der Waals surface area (Å²) in [4.78, 5) is 12.2. The number of Topliss-reactive ketones (excluding diaryl/α,β-unsaturated/α-hetero) is 1. The molecule has 17 heavy (non-hydrogen) atoms. The average molecular weight is 236 g/mol. The Bertz CT molecular complexity index is 274. The van der Waals surface area contributed by atoms with E-state index in [1.54, 1.807) is 0 Å². The quantitative estimate of drug-likeness (QED) is 0.650. The van der Waals surface area contributed by atoms with Crippen LogP contribution < -0.4 is 0 Å². The van der Waals surface area contributed by atoms with Crippen molar-refractivity contribution in [1.29, 1.82) is 0 Å². The van der Waals surface area contributed by atoms with Crippen LogP contribution in [0.3, 0.4) is 0 Å². The first-order valence-corrected chi connectivity index (χ1v) is 7.53. The highest BCUT2D eigenvalue weighted by atomic mass is 16.1. The molecule has 0 bridgehead atoms. The molecule has 0 radical (unpaired) electrons. The van der Waals surface area contributed by atoms with Gasteiger partial charge >= 0.3 is 0 Å². The largest absolute Gasteiger partial charge is 0.299 e. The van der Waals surface area contributed by atoms with Crippen LogP contribution in [0, 0.1) is 23.2 Å².